The smallest absolute Gasteiger partial charge is 0.231 e. The molecule has 0 bridgehead atoms. The predicted octanol–water partition coefficient (Wildman–Crippen LogP) is 3.99. The molecule has 0 saturated carbocycles. The number of aromatic nitrogens is 1. The van der Waals surface area contributed by atoms with E-state index in [2.05, 4.69) is 4.98 Å². The number of hydrogen-bond donors (Lipinski definition) is 0. The summed E-state index contributed by atoms with van der Waals surface area (Å²) >= 11 is 0. The van der Waals surface area contributed by atoms with Gasteiger partial charge in [-0.1, -0.05) is 12.1 Å². The molecule has 25 heavy (non-hydrogen) atoms. The Balaban J connectivity index is 0.00000182. The van der Waals surface area contributed by atoms with Gasteiger partial charge in [-0.05, 0) is 41.1 Å². The summed E-state index contributed by atoms with van der Waals surface area (Å²) in [5, 5.41) is 2.04. The van der Waals surface area contributed by atoms with Crippen molar-refractivity contribution in [2.24, 2.45) is 0 Å². The molecule has 3 aromatic rings. The molecule has 4 rings (SSSR count). The molecule has 0 N–H and O–H groups in total. The summed E-state index contributed by atoms with van der Waals surface area (Å²) in [6.45, 7) is 0.283. The number of rotatable bonds is 4. The first-order valence-electron chi connectivity index (χ1n) is 7.66. The van der Waals surface area contributed by atoms with E-state index in [0.717, 1.165) is 39.8 Å². The van der Waals surface area contributed by atoms with Crippen molar-refractivity contribution in [2.45, 2.75) is 6.42 Å². The van der Waals surface area contributed by atoms with Crippen LogP contribution in [0.1, 0.15) is 11.1 Å². The standard InChI is InChI=1S/C19H17NO4.ClH/c1-21-17-6-4-14-13(9-20-10-15(14)19(17)22-2)7-12-3-5-16-18(8-12)24-11-23-16;/h3-6,8-10H,7,11H2,1-2H3;1H. The average Bonchev–Trinajstić information content (AvgIpc) is 3.08. The number of hydrogen-bond acceptors (Lipinski definition) is 5. The normalized spacial score (nSPS) is 11.9. The van der Waals surface area contributed by atoms with E-state index in [0.29, 0.717) is 11.5 Å². The zero-order valence-electron chi connectivity index (χ0n) is 13.9. The third-order valence-corrected chi connectivity index (χ3v) is 4.20. The van der Waals surface area contributed by atoms with Gasteiger partial charge in [0.2, 0.25) is 6.79 Å². The first-order chi connectivity index (χ1) is 11.8. The molecule has 1 aliphatic heterocycles. The fraction of sp³-hybridized carbons (Fsp3) is 0.211. The van der Waals surface area contributed by atoms with Crippen molar-refractivity contribution in [2.75, 3.05) is 21.0 Å². The number of ether oxygens (including phenoxy) is 4. The van der Waals surface area contributed by atoms with E-state index in [1.807, 2.05) is 36.5 Å². The van der Waals surface area contributed by atoms with Crippen molar-refractivity contribution in [1.82, 2.24) is 4.98 Å². The maximum atomic E-state index is 5.51. The number of benzene rings is 2. The first-order valence-corrected chi connectivity index (χ1v) is 7.66. The van der Waals surface area contributed by atoms with E-state index in [-0.39, 0.29) is 19.2 Å². The highest BCUT2D eigenvalue weighted by atomic mass is 35.5. The van der Waals surface area contributed by atoms with E-state index < -0.39 is 0 Å². The molecule has 0 aliphatic carbocycles. The van der Waals surface area contributed by atoms with Crippen LogP contribution < -0.4 is 18.9 Å². The fourth-order valence-corrected chi connectivity index (χ4v) is 3.04. The van der Waals surface area contributed by atoms with Gasteiger partial charge < -0.3 is 18.9 Å². The molecule has 1 aliphatic rings. The lowest BCUT2D eigenvalue weighted by molar-refractivity contribution is 0.174. The minimum atomic E-state index is 0. The van der Waals surface area contributed by atoms with Gasteiger partial charge in [0.05, 0.1) is 14.2 Å². The van der Waals surface area contributed by atoms with Crippen molar-refractivity contribution in [3.63, 3.8) is 0 Å². The van der Waals surface area contributed by atoms with Gasteiger partial charge in [0, 0.05) is 17.8 Å². The Kier molecular flexibility index (Phi) is 4.86. The third-order valence-electron chi connectivity index (χ3n) is 4.20. The van der Waals surface area contributed by atoms with Crippen molar-refractivity contribution in [3.8, 4) is 23.0 Å². The summed E-state index contributed by atoms with van der Waals surface area (Å²) in [4.78, 5) is 4.37. The molecule has 0 unspecified atom stereocenters. The molecule has 2 aromatic carbocycles. The second kappa shape index (κ2) is 7.07. The van der Waals surface area contributed by atoms with E-state index in [4.69, 9.17) is 18.9 Å². The molecule has 5 nitrogen and oxygen atoms in total. The van der Waals surface area contributed by atoms with Gasteiger partial charge in [0.15, 0.2) is 23.0 Å². The maximum absolute atomic E-state index is 5.51. The number of halogens is 1. The van der Waals surface area contributed by atoms with Gasteiger partial charge >= 0.3 is 0 Å². The molecular weight excluding hydrogens is 342 g/mol. The third kappa shape index (κ3) is 3.03. The highest BCUT2D eigenvalue weighted by Crippen LogP contribution is 2.37. The monoisotopic (exact) mass is 359 g/mol. The summed E-state index contributed by atoms with van der Waals surface area (Å²) in [5.41, 5.74) is 2.26. The maximum Gasteiger partial charge on any atom is 0.231 e. The summed E-state index contributed by atoms with van der Waals surface area (Å²) in [6, 6.07) is 9.97. The minimum absolute atomic E-state index is 0. The highest BCUT2D eigenvalue weighted by Gasteiger charge is 2.15. The van der Waals surface area contributed by atoms with Crippen LogP contribution >= 0.6 is 12.4 Å². The van der Waals surface area contributed by atoms with Gasteiger partial charge in [-0.2, -0.15) is 0 Å². The van der Waals surface area contributed by atoms with E-state index in [1.54, 1.807) is 20.4 Å². The Morgan fingerprint density at radius 3 is 2.60 bits per heavy atom. The topological polar surface area (TPSA) is 49.8 Å². The fourth-order valence-electron chi connectivity index (χ4n) is 3.04. The Morgan fingerprint density at radius 2 is 1.80 bits per heavy atom. The Hall–Kier alpha value is -2.66. The Morgan fingerprint density at radius 1 is 0.960 bits per heavy atom. The number of nitrogens with zero attached hydrogens (tertiary/aromatic N) is 1. The molecule has 0 radical (unpaired) electrons. The van der Waals surface area contributed by atoms with Gasteiger partial charge in [0.25, 0.3) is 0 Å². The van der Waals surface area contributed by atoms with Crippen molar-refractivity contribution < 1.29 is 18.9 Å². The largest absolute Gasteiger partial charge is 0.493 e. The molecule has 0 atom stereocenters. The molecule has 130 valence electrons. The van der Waals surface area contributed by atoms with Gasteiger partial charge in [-0.15, -0.1) is 12.4 Å². The van der Waals surface area contributed by atoms with Crippen LogP contribution in [0.5, 0.6) is 23.0 Å². The van der Waals surface area contributed by atoms with Gasteiger partial charge in [0.1, 0.15) is 0 Å². The molecule has 0 saturated heterocycles. The van der Waals surface area contributed by atoms with Crippen LogP contribution in [-0.4, -0.2) is 26.0 Å². The van der Waals surface area contributed by atoms with Gasteiger partial charge in [-0.25, -0.2) is 0 Å². The van der Waals surface area contributed by atoms with Crippen molar-refractivity contribution in [3.05, 3.63) is 53.9 Å². The summed E-state index contributed by atoms with van der Waals surface area (Å²) in [5.74, 6) is 2.99. The molecule has 0 amide bonds. The molecule has 1 aromatic heterocycles. The highest BCUT2D eigenvalue weighted by molar-refractivity contribution is 5.92. The average molecular weight is 360 g/mol. The molecule has 0 fully saturated rings. The zero-order valence-corrected chi connectivity index (χ0v) is 14.8. The zero-order chi connectivity index (χ0) is 16.5. The number of methoxy groups -OCH3 is 2. The summed E-state index contributed by atoms with van der Waals surface area (Å²) in [7, 11) is 3.27. The number of fused-ring (bicyclic) bond motifs is 2. The van der Waals surface area contributed by atoms with Crippen LogP contribution in [0.25, 0.3) is 10.8 Å². The summed E-state index contributed by atoms with van der Waals surface area (Å²) < 4.78 is 21.7. The lowest BCUT2D eigenvalue weighted by Crippen LogP contribution is -1.96. The molecule has 6 heteroatoms. The van der Waals surface area contributed by atoms with Gasteiger partial charge in [-0.3, -0.25) is 4.98 Å². The predicted molar refractivity (Wildman–Crippen MR) is 97.5 cm³/mol. The van der Waals surface area contributed by atoms with Crippen LogP contribution in [0.4, 0.5) is 0 Å². The Labute approximate surface area is 151 Å². The van der Waals surface area contributed by atoms with Crippen LogP contribution in [-0.2, 0) is 6.42 Å². The quantitative estimate of drug-likeness (QED) is 0.705. The summed E-state index contributed by atoms with van der Waals surface area (Å²) in [6.07, 6.45) is 4.44. The minimum Gasteiger partial charge on any atom is -0.493 e. The lowest BCUT2D eigenvalue weighted by Gasteiger charge is -2.13. The lowest BCUT2D eigenvalue weighted by atomic mass is 10.00. The first kappa shape index (κ1) is 17.2. The van der Waals surface area contributed by atoms with Crippen molar-refractivity contribution in [1.29, 1.82) is 0 Å². The second-order valence-corrected chi connectivity index (χ2v) is 5.56. The number of pyridine rings is 1. The second-order valence-electron chi connectivity index (χ2n) is 5.56. The van der Waals surface area contributed by atoms with Crippen LogP contribution in [0.15, 0.2) is 42.7 Å². The van der Waals surface area contributed by atoms with Crippen LogP contribution in [0, 0.1) is 0 Å². The van der Waals surface area contributed by atoms with Crippen LogP contribution in [0.3, 0.4) is 0 Å². The molecule has 0 spiro atoms. The van der Waals surface area contributed by atoms with E-state index in [1.165, 1.54) is 0 Å². The Bertz CT molecular complexity index is 913. The van der Waals surface area contributed by atoms with Crippen LogP contribution in [0.2, 0.25) is 0 Å². The molecule has 2 heterocycles. The van der Waals surface area contributed by atoms with E-state index >= 15 is 0 Å². The van der Waals surface area contributed by atoms with Crippen molar-refractivity contribution >= 4 is 23.2 Å². The molecular formula is C19H18ClNO4. The SMILES string of the molecule is COc1ccc2c(Cc3ccc4c(c3)OCO4)cncc2c1OC.Cl. The van der Waals surface area contributed by atoms with E-state index in [9.17, 15) is 0 Å².